The van der Waals surface area contributed by atoms with Crippen LogP contribution >= 0.6 is 11.3 Å². The molecule has 0 radical (unpaired) electrons. The Morgan fingerprint density at radius 2 is 0.696 bits per heavy atom. The molecular formula is C62H34N6S. The van der Waals surface area contributed by atoms with Crippen LogP contribution in [0.15, 0.2) is 206 Å². The predicted molar refractivity (Wildman–Crippen MR) is 288 cm³/mol. The van der Waals surface area contributed by atoms with E-state index in [1.165, 1.54) is 10.1 Å². The van der Waals surface area contributed by atoms with E-state index in [1.807, 2.05) is 12.1 Å². The Labute approximate surface area is 398 Å². The molecule has 5 heterocycles. The second-order valence-corrected chi connectivity index (χ2v) is 18.8. The highest BCUT2D eigenvalue weighted by atomic mass is 32.1. The first-order valence-corrected chi connectivity index (χ1v) is 23.9. The van der Waals surface area contributed by atoms with Crippen LogP contribution in [0, 0.1) is 17.9 Å². The summed E-state index contributed by atoms with van der Waals surface area (Å²) >= 11 is 1.79. The highest BCUT2D eigenvalue weighted by molar-refractivity contribution is 7.26. The SMILES string of the molecule is [C-]#[N+]c1c(-n2c3ccccc3c3ccccc32)c(C#N)c(-n2c3ccccc3c3ccccc32)c(-n2c3ccccc3c3ccc4c5ccccc5sc4c32)c1-n1c2ccccc2c2ccccc21. The van der Waals surface area contributed by atoms with Gasteiger partial charge in [0.25, 0.3) is 0 Å². The maximum absolute atomic E-state index is 12.4. The fourth-order valence-electron chi connectivity index (χ4n) is 11.7. The van der Waals surface area contributed by atoms with Crippen molar-refractivity contribution < 1.29 is 0 Å². The normalized spacial score (nSPS) is 12.0. The Morgan fingerprint density at radius 3 is 1.13 bits per heavy atom. The third kappa shape index (κ3) is 4.91. The number of nitrogens with zero attached hydrogens (tertiary/aromatic N) is 6. The molecule has 0 saturated heterocycles. The van der Waals surface area contributed by atoms with Crippen LogP contribution in [0.25, 0.3) is 135 Å². The molecule has 5 aromatic heterocycles. The van der Waals surface area contributed by atoms with Crippen molar-refractivity contribution in [3.05, 3.63) is 223 Å². The summed E-state index contributed by atoms with van der Waals surface area (Å²) in [5.74, 6) is 0. The summed E-state index contributed by atoms with van der Waals surface area (Å²) in [6.07, 6.45) is 0. The predicted octanol–water partition coefficient (Wildman–Crippen LogP) is 16.9. The first-order valence-electron chi connectivity index (χ1n) is 23.0. The molecular weight excluding hydrogens is 861 g/mol. The summed E-state index contributed by atoms with van der Waals surface area (Å²) in [6, 6.07) is 75.5. The molecule has 0 amide bonds. The van der Waals surface area contributed by atoms with E-state index in [-0.39, 0.29) is 0 Å². The van der Waals surface area contributed by atoms with Gasteiger partial charge in [0, 0.05) is 58.6 Å². The summed E-state index contributed by atoms with van der Waals surface area (Å²) in [6.45, 7) is 9.67. The van der Waals surface area contributed by atoms with Crippen molar-refractivity contribution in [3.63, 3.8) is 0 Å². The van der Waals surface area contributed by atoms with Gasteiger partial charge in [0.15, 0.2) is 0 Å². The monoisotopic (exact) mass is 894 g/mol. The standard InChI is InChI=1S/C62H34N6S/c1-64-56-57(65-48-26-10-2-18-37(48)38-19-3-11-27-49(38)65)47(36-63)58(66-50-28-12-4-20-39(50)40-21-5-13-29-51(40)66)61(60(56)67-52-30-14-6-22-41(52)42-23-7-15-31-53(42)67)68-54-32-16-8-24-43(54)45-34-35-46-44-25-9-17-33-55(44)69-62(46)59(45)68/h2-35H. The molecule has 0 spiro atoms. The molecule has 0 fully saturated rings. The zero-order valence-electron chi connectivity index (χ0n) is 36.7. The van der Waals surface area contributed by atoms with Crippen LogP contribution < -0.4 is 0 Å². The minimum atomic E-state index is 0.374. The molecule has 0 aliphatic rings. The first kappa shape index (κ1) is 37.8. The molecule has 0 atom stereocenters. The van der Waals surface area contributed by atoms with Gasteiger partial charge in [0.2, 0.25) is 5.69 Å². The number of fused-ring (bicyclic) bond motifs is 16. The molecule has 0 saturated carbocycles. The largest absolute Gasteiger partial charge is 0.318 e. The molecule has 0 unspecified atom stereocenters. The van der Waals surface area contributed by atoms with E-state index in [1.54, 1.807) is 11.3 Å². The van der Waals surface area contributed by atoms with Crippen LogP contribution in [0.3, 0.4) is 0 Å². The van der Waals surface area contributed by atoms with Crippen LogP contribution in [-0.4, -0.2) is 18.3 Å². The van der Waals surface area contributed by atoms with Crippen molar-refractivity contribution in [2.75, 3.05) is 0 Å². The summed E-state index contributed by atoms with van der Waals surface area (Å²) in [4.78, 5) is 4.73. The lowest BCUT2D eigenvalue weighted by molar-refractivity contribution is 1.03. The fraction of sp³-hybridized carbons (Fsp3) is 0. The van der Waals surface area contributed by atoms with Crippen molar-refractivity contribution in [2.45, 2.75) is 0 Å². The second kappa shape index (κ2) is 14.1. The van der Waals surface area contributed by atoms with Crippen LogP contribution in [0.4, 0.5) is 5.69 Å². The molecule has 69 heavy (non-hydrogen) atoms. The molecule has 0 aliphatic carbocycles. The third-order valence-corrected chi connectivity index (χ3v) is 15.6. The van der Waals surface area contributed by atoms with E-state index in [2.05, 4.69) is 218 Å². The second-order valence-electron chi connectivity index (χ2n) is 17.7. The van der Waals surface area contributed by atoms with E-state index < -0.39 is 0 Å². The van der Waals surface area contributed by atoms with E-state index in [0.717, 1.165) is 103 Å². The summed E-state index contributed by atoms with van der Waals surface area (Å²) in [5, 5.41) is 23.3. The average molecular weight is 895 g/mol. The van der Waals surface area contributed by atoms with Crippen molar-refractivity contribution in [3.8, 4) is 28.8 Å². The summed E-state index contributed by atoms with van der Waals surface area (Å²) in [5.41, 5.74) is 11.1. The minimum absolute atomic E-state index is 0.374. The summed E-state index contributed by atoms with van der Waals surface area (Å²) < 4.78 is 11.6. The zero-order chi connectivity index (χ0) is 45.5. The van der Waals surface area contributed by atoms with E-state index in [4.69, 9.17) is 4.85 Å². The lowest BCUT2D eigenvalue weighted by Crippen LogP contribution is -2.14. The van der Waals surface area contributed by atoms with E-state index >= 15 is 0 Å². The van der Waals surface area contributed by atoms with Crippen molar-refractivity contribution in [1.29, 1.82) is 5.26 Å². The van der Waals surface area contributed by atoms with Crippen LogP contribution in [0.2, 0.25) is 0 Å². The molecule has 15 aromatic rings. The van der Waals surface area contributed by atoms with Crippen molar-refractivity contribution in [2.24, 2.45) is 0 Å². The van der Waals surface area contributed by atoms with Gasteiger partial charge in [-0.1, -0.05) is 158 Å². The minimum Gasteiger partial charge on any atom is -0.318 e. The van der Waals surface area contributed by atoms with Gasteiger partial charge in [0.05, 0.1) is 83.7 Å². The maximum atomic E-state index is 12.4. The number of benzene rings is 10. The molecule has 0 bridgehead atoms. The molecule has 0 aliphatic heterocycles. The highest BCUT2D eigenvalue weighted by Gasteiger charge is 2.35. The van der Waals surface area contributed by atoms with Gasteiger partial charge in [-0.2, -0.15) is 5.26 Å². The van der Waals surface area contributed by atoms with Crippen molar-refractivity contribution in [1.82, 2.24) is 18.3 Å². The Kier molecular flexibility index (Phi) is 7.70. The van der Waals surface area contributed by atoms with Gasteiger partial charge in [-0.3, -0.25) is 0 Å². The van der Waals surface area contributed by atoms with Crippen molar-refractivity contribution >= 4 is 124 Å². The lowest BCUT2D eigenvalue weighted by Gasteiger charge is -2.27. The molecule has 0 N–H and O–H groups in total. The number of aromatic nitrogens is 4. The quantitative estimate of drug-likeness (QED) is 0.162. The molecule has 7 heteroatoms. The van der Waals surface area contributed by atoms with Gasteiger partial charge < -0.3 is 18.3 Å². The van der Waals surface area contributed by atoms with Gasteiger partial charge in [-0.25, -0.2) is 4.85 Å². The van der Waals surface area contributed by atoms with Gasteiger partial charge in [-0.05, 0) is 48.5 Å². The number of rotatable bonds is 4. The summed E-state index contributed by atoms with van der Waals surface area (Å²) in [7, 11) is 0. The number of para-hydroxylation sites is 7. The number of hydrogen-bond acceptors (Lipinski definition) is 2. The number of nitriles is 1. The highest BCUT2D eigenvalue weighted by Crippen LogP contribution is 2.53. The fourth-order valence-corrected chi connectivity index (χ4v) is 13.0. The van der Waals surface area contributed by atoms with Crippen LogP contribution in [0.5, 0.6) is 0 Å². The number of hydrogen-bond donors (Lipinski definition) is 0. The lowest BCUT2D eigenvalue weighted by atomic mass is 10.0. The first-order chi connectivity index (χ1) is 34.2. The Bertz CT molecular complexity index is 4510. The molecule has 318 valence electrons. The van der Waals surface area contributed by atoms with Gasteiger partial charge >= 0.3 is 0 Å². The zero-order valence-corrected chi connectivity index (χ0v) is 37.5. The molecule has 15 rings (SSSR count). The van der Waals surface area contributed by atoms with E-state index in [9.17, 15) is 11.8 Å². The van der Waals surface area contributed by atoms with E-state index in [0.29, 0.717) is 28.3 Å². The Balaban J connectivity index is 1.31. The molecule has 6 nitrogen and oxygen atoms in total. The third-order valence-electron chi connectivity index (χ3n) is 14.4. The molecule has 10 aromatic carbocycles. The topological polar surface area (TPSA) is 47.9 Å². The van der Waals surface area contributed by atoms with Crippen LogP contribution in [0.1, 0.15) is 5.56 Å². The Morgan fingerprint density at radius 1 is 0.348 bits per heavy atom. The van der Waals surface area contributed by atoms with Gasteiger partial charge in [0.1, 0.15) is 6.07 Å². The smallest absolute Gasteiger partial charge is 0.237 e. The van der Waals surface area contributed by atoms with Gasteiger partial charge in [-0.15, -0.1) is 11.3 Å². The average Bonchev–Trinajstić information content (AvgIpc) is 4.21. The number of thiophene rings is 1. The Hall–Kier alpha value is -9.40. The maximum Gasteiger partial charge on any atom is 0.237 e. The van der Waals surface area contributed by atoms with Crippen LogP contribution in [-0.2, 0) is 0 Å².